The Hall–Kier alpha value is -3.44. The summed E-state index contributed by atoms with van der Waals surface area (Å²) in [6.45, 7) is -0.612. The van der Waals surface area contributed by atoms with Crippen molar-refractivity contribution in [2.75, 3.05) is 50.7 Å². The SMILES string of the molecule is CCS(=O)(=O)c1ccc([C@H](COCCOC)NC(=O)c2ccc(N3CC(SOc4ccc(C(F)(F)F)cc4)C[C@H]3COC(F)F)cc2)cc1. The van der Waals surface area contributed by atoms with Gasteiger partial charge in [-0.3, -0.25) is 4.79 Å². The van der Waals surface area contributed by atoms with E-state index < -0.39 is 46.2 Å². The largest absolute Gasteiger partial charge is 0.425 e. The topological polar surface area (TPSA) is 103 Å². The number of methoxy groups -OCH3 is 1. The van der Waals surface area contributed by atoms with Gasteiger partial charge in [0.15, 0.2) is 9.84 Å². The number of hydrogen-bond acceptors (Lipinski definition) is 9. The molecule has 3 atom stereocenters. The van der Waals surface area contributed by atoms with E-state index in [1.54, 1.807) is 43.3 Å². The standard InChI is InChI=1S/C33H37F5N2O7S2/c1-3-49(42,43)29-14-6-22(7-15-29)30(21-45-17-16-44-2)39-31(41)23-4-10-25(11-5-23)40-19-28(18-26(40)20-46-32(34)35)48-47-27-12-8-24(9-13-27)33(36,37)38/h4-15,26,28,30,32H,3,16-21H2,1-2H3,(H,39,41)/t26-,28?,30-/m0/s1. The van der Waals surface area contributed by atoms with E-state index in [4.69, 9.17) is 13.7 Å². The van der Waals surface area contributed by atoms with E-state index in [0.29, 0.717) is 36.4 Å². The van der Waals surface area contributed by atoms with Crippen LogP contribution < -0.4 is 14.4 Å². The van der Waals surface area contributed by atoms with Crippen LogP contribution in [0.5, 0.6) is 5.75 Å². The van der Waals surface area contributed by atoms with E-state index in [1.807, 2.05) is 4.90 Å². The molecular weight excluding hydrogens is 695 g/mol. The maximum absolute atomic E-state index is 13.3. The van der Waals surface area contributed by atoms with Crippen LogP contribution in [0.1, 0.15) is 40.9 Å². The Morgan fingerprint density at radius 2 is 1.67 bits per heavy atom. The van der Waals surface area contributed by atoms with Gasteiger partial charge in [-0.25, -0.2) is 8.42 Å². The Morgan fingerprint density at radius 3 is 2.27 bits per heavy atom. The number of rotatable bonds is 17. The molecule has 1 amide bonds. The third-order valence-corrected chi connectivity index (χ3v) is 10.4. The monoisotopic (exact) mass is 732 g/mol. The molecule has 0 aliphatic carbocycles. The third-order valence-electron chi connectivity index (χ3n) is 7.76. The van der Waals surface area contributed by atoms with Gasteiger partial charge in [0.05, 0.1) is 72.0 Å². The van der Waals surface area contributed by atoms with Gasteiger partial charge in [-0.05, 0) is 72.6 Å². The fourth-order valence-corrected chi connectivity index (χ4v) is 6.87. The number of benzene rings is 3. The molecular formula is C33H37F5N2O7S2. The molecule has 4 rings (SSSR count). The summed E-state index contributed by atoms with van der Waals surface area (Å²) in [4.78, 5) is 15.4. The number of nitrogens with zero attached hydrogens (tertiary/aromatic N) is 1. The van der Waals surface area contributed by atoms with Gasteiger partial charge in [-0.15, -0.1) is 0 Å². The van der Waals surface area contributed by atoms with Crippen LogP contribution >= 0.6 is 12.0 Å². The minimum atomic E-state index is -4.47. The summed E-state index contributed by atoms with van der Waals surface area (Å²) >= 11 is 1.03. The van der Waals surface area contributed by atoms with Crippen LogP contribution in [0.4, 0.5) is 27.6 Å². The molecule has 0 bridgehead atoms. The average Bonchev–Trinajstić information content (AvgIpc) is 3.50. The molecule has 0 aromatic heterocycles. The molecule has 49 heavy (non-hydrogen) atoms. The first-order valence-electron chi connectivity index (χ1n) is 15.3. The highest BCUT2D eigenvalue weighted by Crippen LogP contribution is 2.35. The first kappa shape index (κ1) is 38.4. The molecule has 1 unspecified atom stereocenters. The number of halogens is 5. The lowest BCUT2D eigenvalue weighted by atomic mass is 10.1. The number of amides is 1. The summed E-state index contributed by atoms with van der Waals surface area (Å²) in [6, 6.07) is 16.0. The van der Waals surface area contributed by atoms with Crippen LogP contribution in [-0.2, 0) is 30.2 Å². The molecule has 9 nitrogen and oxygen atoms in total. The van der Waals surface area contributed by atoms with Gasteiger partial charge >= 0.3 is 12.8 Å². The summed E-state index contributed by atoms with van der Waals surface area (Å²) in [7, 11) is -1.87. The molecule has 1 fully saturated rings. The Bertz CT molecular complexity index is 1590. The van der Waals surface area contributed by atoms with Gasteiger partial charge in [-0.1, -0.05) is 19.1 Å². The quantitative estimate of drug-likeness (QED) is 0.0941. The maximum atomic E-state index is 13.3. The number of carbonyl (C=O) groups is 1. The van der Waals surface area contributed by atoms with Crippen molar-refractivity contribution in [3.8, 4) is 5.75 Å². The Labute approximate surface area is 286 Å². The van der Waals surface area contributed by atoms with E-state index in [9.17, 15) is 35.2 Å². The van der Waals surface area contributed by atoms with Gasteiger partial charge < -0.3 is 28.6 Å². The molecule has 1 saturated heterocycles. The zero-order valence-corrected chi connectivity index (χ0v) is 28.3. The predicted octanol–water partition coefficient (Wildman–Crippen LogP) is 6.55. The molecule has 16 heteroatoms. The second kappa shape index (κ2) is 17.5. The number of carbonyl (C=O) groups excluding carboxylic acids is 1. The van der Waals surface area contributed by atoms with E-state index in [2.05, 4.69) is 10.1 Å². The number of hydrogen-bond donors (Lipinski definition) is 1. The van der Waals surface area contributed by atoms with Gasteiger partial charge in [0.25, 0.3) is 5.91 Å². The first-order valence-corrected chi connectivity index (χ1v) is 17.7. The Morgan fingerprint density at radius 1 is 1.00 bits per heavy atom. The van der Waals surface area contributed by atoms with Crippen LogP contribution in [0.2, 0.25) is 0 Å². The van der Waals surface area contributed by atoms with Gasteiger partial charge in [-0.2, -0.15) is 22.0 Å². The minimum absolute atomic E-state index is 0.0456. The molecule has 0 spiro atoms. The first-order chi connectivity index (χ1) is 23.3. The van der Waals surface area contributed by atoms with Crippen molar-refractivity contribution in [3.05, 3.63) is 89.5 Å². The van der Waals surface area contributed by atoms with E-state index >= 15 is 0 Å². The van der Waals surface area contributed by atoms with Crippen molar-refractivity contribution in [3.63, 3.8) is 0 Å². The summed E-state index contributed by atoms with van der Waals surface area (Å²) in [5, 5.41) is 2.70. The van der Waals surface area contributed by atoms with Crippen molar-refractivity contribution in [1.29, 1.82) is 0 Å². The molecule has 268 valence electrons. The number of nitrogens with one attached hydrogen (secondary N) is 1. The average molecular weight is 733 g/mol. The van der Waals surface area contributed by atoms with Crippen molar-refractivity contribution >= 4 is 33.5 Å². The van der Waals surface area contributed by atoms with Crippen LogP contribution in [0, 0.1) is 0 Å². The van der Waals surface area contributed by atoms with Crippen molar-refractivity contribution < 1.29 is 53.6 Å². The highest BCUT2D eigenvalue weighted by molar-refractivity contribution is 7.95. The molecule has 3 aromatic rings. The summed E-state index contributed by atoms with van der Waals surface area (Å²) in [5.74, 6) is -0.248. The fraction of sp³-hybridized carbons (Fsp3) is 0.424. The van der Waals surface area contributed by atoms with Crippen LogP contribution in [0.15, 0.2) is 77.7 Å². The lowest BCUT2D eigenvalue weighted by Gasteiger charge is -2.26. The number of anilines is 1. The zero-order valence-electron chi connectivity index (χ0n) is 26.7. The molecule has 1 N–H and O–H groups in total. The van der Waals surface area contributed by atoms with Gasteiger partial charge in [0, 0.05) is 24.9 Å². The van der Waals surface area contributed by atoms with Gasteiger partial charge in [0.2, 0.25) is 0 Å². The number of alkyl halides is 5. The molecule has 1 aliphatic heterocycles. The van der Waals surface area contributed by atoms with Crippen LogP contribution in [0.3, 0.4) is 0 Å². The molecule has 1 heterocycles. The van der Waals surface area contributed by atoms with E-state index in [-0.39, 0.29) is 41.5 Å². The fourth-order valence-electron chi connectivity index (χ4n) is 5.11. The molecule has 3 aromatic carbocycles. The van der Waals surface area contributed by atoms with Crippen molar-refractivity contribution in [2.24, 2.45) is 0 Å². The lowest BCUT2D eigenvalue weighted by Crippen LogP contribution is -2.34. The van der Waals surface area contributed by atoms with Crippen molar-refractivity contribution in [1.82, 2.24) is 5.32 Å². The van der Waals surface area contributed by atoms with E-state index in [1.165, 1.54) is 31.4 Å². The third kappa shape index (κ3) is 11.0. The van der Waals surface area contributed by atoms with Crippen LogP contribution in [-0.4, -0.2) is 78.1 Å². The smallest absolute Gasteiger partial charge is 0.416 e. The predicted molar refractivity (Wildman–Crippen MR) is 175 cm³/mol. The Kier molecular flexibility index (Phi) is 13.7. The highest BCUT2D eigenvalue weighted by Gasteiger charge is 2.35. The highest BCUT2D eigenvalue weighted by atomic mass is 32.2. The normalized spacial score (nSPS) is 17.3. The second-order valence-corrected chi connectivity index (χ2v) is 14.4. The summed E-state index contributed by atoms with van der Waals surface area (Å²) in [5.41, 5.74) is 0.789. The summed E-state index contributed by atoms with van der Waals surface area (Å²) in [6.07, 6.45) is -4.08. The molecule has 0 saturated carbocycles. The minimum Gasteiger partial charge on any atom is -0.425 e. The van der Waals surface area contributed by atoms with Crippen molar-refractivity contribution in [2.45, 2.75) is 48.4 Å². The molecule has 0 radical (unpaired) electrons. The zero-order chi connectivity index (χ0) is 35.6. The van der Waals surface area contributed by atoms with Gasteiger partial charge in [0.1, 0.15) is 5.75 Å². The maximum Gasteiger partial charge on any atom is 0.416 e. The summed E-state index contributed by atoms with van der Waals surface area (Å²) < 4.78 is 110. The second-order valence-electron chi connectivity index (χ2n) is 11.1. The number of ether oxygens (including phenoxy) is 3. The molecule has 1 aliphatic rings. The van der Waals surface area contributed by atoms with E-state index in [0.717, 1.165) is 24.2 Å². The number of sulfone groups is 1. The Balaban J connectivity index is 1.44. The van der Waals surface area contributed by atoms with Crippen LogP contribution in [0.25, 0.3) is 0 Å². The lowest BCUT2D eigenvalue weighted by molar-refractivity contribution is -0.137.